The molecule has 0 bridgehead atoms. The third-order valence-electron chi connectivity index (χ3n) is 5.00. The zero-order chi connectivity index (χ0) is 23.4. The molecule has 0 atom stereocenters. The van der Waals surface area contributed by atoms with E-state index in [4.69, 9.17) is 16.3 Å². The molecule has 2 aromatic heterocycles. The molecular formula is C25H20ClN3O4. The van der Waals surface area contributed by atoms with E-state index < -0.39 is 17.4 Å². The van der Waals surface area contributed by atoms with Crippen molar-refractivity contribution in [3.8, 4) is 0 Å². The molecule has 2 aromatic carbocycles. The first-order valence-electron chi connectivity index (χ1n) is 10.3. The van der Waals surface area contributed by atoms with Crippen LogP contribution in [0.3, 0.4) is 0 Å². The Morgan fingerprint density at radius 3 is 2.48 bits per heavy atom. The number of halogens is 1. The lowest BCUT2D eigenvalue weighted by atomic mass is 10.1. The highest BCUT2D eigenvalue weighted by Gasteiger charge is 2.17. The number of carbonyl (C=O) groups is 2. The number of hydrogen-bond donors (Lipinski definition) is 1. The summed E-state index contributed by atoms with van der Waals surface area (Å²) >= 11 is 5.97. The molecule has 0 fully saturated rings. The minimum absolute atomic E-state index is 0.0149. The van der Waals surface area contributed by atoms with Gasteiger partial charge in [-0.3, -0.25) is 14.2 Å². The zero-order valence-electron chi connectivity index (χ0n) is 17.7. The maximum Gasteiger partial charge on any atom is 0.338 e. The van der Waals surface area contributed by atoms with E-state index >= 15 is 0 Å². The number of hydrogen-bond acceptors (Lipinski definition) is 5. The van der Waals surface area contributed by atoms with Crippen LogP contribution in [0.25, 0.3) is 11.0 Å². The lowest BCUT2D eigenvalue weighted by Gasteiger charge is -2.13. The first-order valence-corrected chi connectivity index (χ1v) is 10.7. The first kappa shape index (κ1) is 22.2. The number of fused-ring (bicyclic) bond motifs is 1. The van der Waals surface area contributed by atoms with Crippen LogP contribution in [-0.4, -0.2) is 28.0 Å². The predicted molar refractivity (Wildman–Crippen MR) is 127 cm³/mol. The second kappa shape index (κ2) is 9.67. The molecule has 0 saturated heterocycles. The lowest BCUT2D eigenvalue weighted by molar-refractivity contribution is 0.0526. The summed E-state index contributed by atoms with van der Waals surface area (Å²) in [6.07, 6.45) is 1.60. The predicted octanol–water partition coefficient (Wildman–Crippen LogP) is 4.53. The van der Waals surface area contributed by atoms with Crippen LogP contribution in [0.4, 0.5) is 5.69 Å². The second-order valence-corrected chi connectivity index (χ2v) is 7.68. The van der Waals surface area contributed by atoms with Gasteiger partial charge in [0.05, 0.1) is 18.7 Å². The summed E-state index contributed by atoms with van der Waals surface area (Å²) in [5.74, 6) is -0.998. The van der Waals surface area contributed by atoms with E-state index in [0.29, 0.717) is 27.3 Å². The SMILES string of the molecule is CCOC(=O)c1ccc(NC(=O)c2cc3cccnc3n(Cc3ccc(Cl)cc3)c2=O)cc1. The zero-order valence-corrected chi connectivity index (χ0v) is 18.5. The van der Waals surface area contributed by atoms with Crippen molar-refractivity contribution >= 4 is 40.2 Å². The fourth-order valence-corrected chi connectivity index (χ4v) is 3.52. The maximum absolute atomic E-state index is 13.3. The average Bonchev–Trinajstić information content (AvgIpc) is 2.82. The Hall–Kier alpha value is -3.97. The molecule has 0 aliphatic heterocycles. The molecule has 1 amide bonds. The summed E-state index contributed by atoms with van der Waals surface area (Å²) in [5.41, 5.74) is 1.67. The van der Waals surface area contributed by atoms with Gasteiger partial charge in [0.1, 0.15) is 11.2 Å². The van der Waals surface area contributed by atoms with E-state index in [1.807, 2.05) is 12.1 Å². The summed E-state index contributed by atoms with van der Waals surface area (Å²) in [4.78, 5) is 42.4. The number of benzene rings is 2. The van der Waals surface area contributed by atoms with Gasteiger partial charge in [-0.25, -0.2) is 9.78 Å². The average molecular weight is 462 g/mol. The summed E-state index contributed by atoms with van der Waals surface area (Å²) in [6.45, 7) is 2.24. The number of anilines is 1. The molecule has 0 aliphatic rings. The van der Waals surface area contributed by atoms with Gasteiger partial charge in [0, 0.05) is 22.3 Å². The topological polar surface area (TPSA) is 90.3 Å². The first-order chi connectivity index (χ1) is 16.0. The Morgan fingerprint density at radius 1 is 1.06 bits per heavy atom. The summed E-state index contributed by atoms with van der Waals surface area (Å²) in [6, 6.07) is 18.5. The number of ether oxygens (including phenoxy) is 1. The molecule has 2 heterocycles. The van der Waals surface area contributed by atoms with Gasteiger partial charge in [-0.2, -0.15) is 0 Å². The van der Waals surface area contributed by atoms with Gasteiger partial charge in [-0.15, -0.1) is 0 Å². The highest BCUT2D eigenvalue weighted by atomic mass is 35.5. The highest BCUT2D eigenvalue weighted by Crippen LogP contribution is 2.16. The van der Waals surface area contributed by atoms with Gasteiger partial charge in [-0.05, 0) is 67.1 Å². The number of nitrogens with zero attached hydrogens (tertiary/aromatic N) is 2. The van der Waals surface area contributed by atoms with Crippen molar-refractivity contribution in [1.82, 2.24) is 9.55 Å². The smallest absolute Gasteiger partial charge is 0.338 e. The fourth-order valence-electron chi connectivity index (χ4n) is 3.39. The van der Waals surface area contributed by atoms with Gasteiger partial charge in [0.25, 0.3) is 11.5 Å². The Morgan fingerprint density at radius 2 is 1.79 bits per heavy atom. The van der Waals surface area contributed by atoms with Gasteiger partial charge in [-0.1, -0.05) is 23.7 Å². The Labute approximate surface area is 194 Å². The van der Waals surface area contributed by atoms with Crippen molar-refractivity contribution in [3.63, 3.8) is 0 Å². The van der Waals surface area contributed by atoms with Crippen molar-refractivity contribution in [1.29, 1.82) is 0 Å². The van der Waals surface area contributed by atoms with Crippen molar-refractivity contribution < 1.29 is 14.3 Å². The van der Waals surface area contributed by atoms with Gasteiger partial charge in [0.2, 0.25) is 0 Å². The monoisotopic (exact) mass is 461 g/mol. The lowest BCUT2D eigenvalue weighted by Crippen LogP contribution is -2.30. The van der Waals surface area contributed by atoms with Crippen LogP contribution in [-0.2, 0) is 11.3 Å². The van der Waals surface area contributed by atoms with E-state index in [1.54, 1.807) is 61.7 Å². The van der Waals surface area contributed by atoms with Gasteiger partial charge < -0.3 is 10.1 Å². The minimum atomic E-state index is -0.556. The molecule has 4 rings (SSSR count). The van der Waals surface area contributed by atoms with Crippen LogP contribution < -0.4 is 10.9 Å². The molecular weight excluding hydrogens is 442 g/mol. The number of esters is 1. The van der Waals surface area contributed by atoms with Crippen LogP contribution in [0.1, 0.15) is 33.2 Å². The normalized spacial score (nSPS) is 10.7. The molecule has 0 saturated carbocycles. The summed E-state index contributed by atoms with van der Waals surface area (Å²) in [5, 5.41) is 3.97. The molecule has 166 valence electrons. The standard InChI is InChI=1S/C25H20ClN3O4/c1-2-33-25(32)17-7-11-20(12-8-17)28-23(30)21-14-18-4-3-13-27-22(18)29(24(21)31)15-16-5-9-19(26)10-6-16/h3-14H,2,15H2,1H3,(H,28,30). The van der Waals surface area contributed by atoms with Gasteiger partial charge in [0.15, 0.2) is 0 Å². The Kier molecular flexibility index (Phi) is 6.51. The number of rotatable bonds is 6. The fraction of sp³-hybridized carbons (Fsp3) is 0.120. The highest BCUT2D eigenvalue weighted by molar-refractivity contribution is 6.30. The van der Waals surface area contributed by atoms with Crippen LogP contribution in [0.5, 0.6) is 0 Å². The van der Waals surface area contributed by atoms with Crippen molar-refractivity contribution in [3.05, 3.63) is 105 Å². The van der Waals surface area contributed by atoms with Crippen LogP contribution in [0.15, 0.2) is 77.7 Å². The van der Waals surface area contributed by atoms with E-state index in [2.05, 4.69) is 10.3 Å². The third-order valence-corrected chi connectivity index (χ3v) is 5.25. The van der Waals surface area contributed by atoms with Crippen LogP contribution in [0.2, 0.25) is 5.02 Å². The minimum Gasteiger partial charge on any atom is -0.462 e. The van der Waals surface area contributed by atoms with Gasteiger partial charge >= 0.3 is 5.97 Å². The quantitative estimate of drug-likeness (QED) is 0.426. The molecule has 8 heteroatoms. The molecule has 7 nitrogen and oxygen atoms in total. The second-order valence-electron chi connectivity index (χ2n) is 7.24. The third kappa shape index (κ3) is 4.94. The maximum atomic E-state index is 13.3. The van der Waals surface area contributed by atoms with E-state index in [0.717, 1.165) is 5.56 Å². The number of pyridine rings is 2. The summed E-state index contributed by atoms with van der Waals surface area (Å²) in [7, 11) is 0. The molecule has 0 aliphatic carbocycles. The molecule has 0 spiro atoms. The van der Waals surface area contributed by atoms with E-state index in [1.165, 1.54) is 10.6 Å². The largest absolute Gasteiger partial charge is 0.462 e. The number of amides is 1. The molecule has 0 unspecified atom stereocenters. The van der Waals surface area contributed by atoms with Crippen molar-refractivity contribution in [2.24, 2.45) is 0 Å². The van der Waals surface area contributed by atoms with Crippen molar-refractivity contribution in [2.45, 2.75) is 13.5 Å². The Balaban J connectivity index is 1.66. The number of carbonyl (C=O) groups excluding carboxylic acids is 2. The van der Waals surface area contributed by atoms with E-state index in [-0.39, 0.29) is 18.7 Å². The molecule has 0 radical (unpaired) electrons. The molecule has 4 aromatic rings. The molecule has 33 heavy (non-hydrogen) atoms. The number of nitrogens with one attached hydrogen (secondary N) is 1. The molecule has 1 N–H and O–H groups in total. The summed E-state index contributed by atoms with van der Waals surface area (Å²) < 4.78 is 6.43. The van der Waals surface area contributed by atoms with E-state index in [9.17, 15) is 14.4 Å². The van der Waals surface area contributed by atoms with Crippen LogP contribution >= 0.6 is 11.6 Å². The van der Waals surface area contributed by atoms with Crippen molar-refractivity contribution in [2.75, 3.05) is 11.9 Å². The number of aromatic nitrogens is 2. The Bertz CT molecular complexity index is 1380. The van der Waals surface area contributed by atoms with Crippen LogP contribution in [0, 0.1) is 0 Å².